The molecule has 156 valence electrons. The average molecular weight is 415 g/mol. The molecular weight excluding hydrogens is 386 g/mol. The largest absolute Gasteiger partial charge is 0.353 e. The molecule has 1 N–H and O–H groups in total. The van der Waals surface area contributed by atoms with E-state index < -0.39 is 21.7 Å². The van der Waals surface area contributed by atoms with Crippen LogP contribution in [-0.2, 0) is 14.8 Å². The molecule has 3 atom stereocenters. The minimum Gasteiger partial charge on any atom is -0.353 e. The lowest BCUT2D eigenvalue weighted by molar-refractivity contribution is -0.127. The van der Waals surface area contributed by atoms with Crippen LogP contribution in [0.1, 0.15) is 46.0 Å². The van der Waals surface area contributed by atoms with Crippen molar-refractivity contribution in [3.05, 3.63) is 29.8 Å². The van der Waals surface area contributed by atoms with Crippen molar-refractivity contribution < 1.29 is 22.0 Å². The van der Waals surface area contributed by atoms with E-state index in [1.165, 1.54) is 10.7 Å². The van der Waals surface area contributed by atoms with Crippen LogP contribution >= 0.6 is 0 Å². The Morgan fingerprint density at radius 2 is 1.75 bits per heavy atom. The normalized spacial score (nSPS) is 27.5. The Bertz CT molecular complexity index is 823. The summed E-state index contributed by atoms with van der Waals surface area (Å²) >= 11 is 0. The Kier molecular flexibility index (Phi) is 6.39. The number of benzene rings is 1. The summed E-state index contributed by atoms with van der Waals surface area (Å²) in [6, 6.07) is 2.77. The second-order valence-corrected chi connectivity index (χ2v) is 10.1. The summed E-state index contributed by atoms with van der Waals surface area (Å²) < 4.78 is 53.1. The van der Waals surface area contributed by atoms with Crippen LogP contribution in [-0.4, -0.2) is 37.8 Å². The summed E-state index contributed by atoms with van der Waals surface area (Å²) in [4.78, 5) is 12.4. The van der Waals surface area contributed by atoms with Gasteiger partial charge in [0.2, 0.25) is 15.9 Å². The van der Waals surface area contributed by atoms with Crippen molar-refractivity contribution in [3.63, 3.8) is 0 Å². The molecule has 1 aromatic rings. The lowest BCUT2D eigenvalue weighted by Crippen LogP contribution is -2.48. The minimum absolute atomic E-state index is 0.00387. The SMILES string of the molecule is C[C@@H]1[C@H](C)CCC[C@@H]1NC(=O)C1CCN(S(=O)(=O)c2ccc(F)c(F)c2)CC1. The number of nitrogens with zero attached hydrogens (tertiary/aromatic N) is 1. The van der Waals surface area contributed by atoms with Gasteiger partial charge in [-0.15, -0.1) is 0 Å². The van der Waals surface area contributed by atoms with E-state index >= 15 is 0 Å². The lowest BCUT2D eigenvalue weighted by Gasteiger charge is -2.36. The molecule has 28 heavy (non-hydrogen) atoms. The van der Waals surface area contributed by atoms with E-state index in [9.17, 15) is 22.0 Å². The molecule has 1 aliphatic heterocycles. The number of hydrogen-bond donors (Lipinski definition) is 1. The van der Waals surface area contributed by atoms with Crippen molar-refractivity contribution in [1.82, 2.24) is 9.62 Å². The molecule has 2 fully saturated rings. The van der Waals surface area contributed by atoms with E-state index in [0.717, 1.165) is 25.0 Å². The van der Waals surface area contributed by atoms with Crippen LogP contribution in [0.4, 0.5) is 8.78 Å². The smallest absolute Gasteiger partial charge is 0.243 e. The van der Waals surface area contributed by atoms with Gasteiger partial charge in [-0.2, -0.15) is 4.31 Å². The predicted molar refractivity (Wildman–Crippen MR) is 102 cm³/mol. The van der Waals surface area contributed by atoms with Gasteiger partial charge in [0.15, 0.2) is 11.6 Å². The van der Waals surface area contributed by atoms with E-state index in [4.69, 9.17) is 0 Å². The van der Waals surface area contributed by atoms with Crippen molar-refractivity contribution in [3.8, 4) is 0 Å². The van der Waals surface area contributed by atoms with Gasteiger partial charge in [0.25, 0.3) is 0 Å². The number of carbonyl (C=O) groups is 1. The highest BCUT2D eigenvalue weighted by Crippen LogP contribution is 2.30. The van der Waals surface area contributed by atoms with Gasteiger partial charge in [0.1, 0.15) is 0 Å². The maximum absolute atomic E-state index is 13.4. The quantitative estimate of drug-likeness (QED) is 0.822. The Labute approximate surface area is 165 Å². The third-order valence-electron chi connectivity index (χ3n) is 6.39. The van der Waals surface area contributed by atoms with Gasteiger partial charge in [-0.25, -0.2) is 17.2 Å². The molecule has 1 aliphatic carbocycles. The minimum atomic E-state index is -3.90. The van der Waals surface area contributed by atoms with E-state index in [2.05, 4.69) is 19.2 Å². The van der Waals surface area contributed by atoms with E-state index in [-0.39, 0.29) is 35.9 Å². The van der Waals surface area contributed by atoms with Crippen LogP contribution in [0.25, 0.3) is 0 Å². The Balaban J connectivity index is 1.59. The highest BCUT2D eigenvalue weighted by Gasteiger charge is 2.34. The summed E-state index contributed by atoms with van der Waals surface area (Å²) in [5.41, 5.74) is 0. The van der Waals surface area contributed by atoms with Gasteiger partial charge in [-0.1, -0.05) is 26.7 Å². The summed E-state index contributed by atoms with van der Waals surface area (Å²) in [6.45, 7) is 4.77. The number of hydrogen-bond acceptors (Lipinski definition) is 3. The molecule has 3 rings (SSSR count). The molecule has 2 aliphatic rings. The molecule has 5 nitrogen and oxygen atoms in total. The van der Waals surface area contributed by atoms with Gasteiger partial charge in [0, 0.05) is 25.0 Å². The summed E-state index contributed by atoms with van der Waals surface area (Å²) in [6.07, 6.45) is 4.13. The molecule has 1 aromatic carbocycles. The first-order chi connectivity index (χ1) is 13.2. The van der Waals surface area contributed by atoms with E-state index in [0.29, 0.717) is 30.7 Å². The number of carbonyl (C=O) groups excluding carboxylic acids is 1. The molecule has 0 bridgehead atoms. The molecule has 8 heteroatoms. The van der Waals surface area contributed by atoms with Gasteiger partial charge < -0.3 is 5.32 Å². The predicted octanol–water partition coefficient (Wildman–Crippen LogP) is 3.31. The van der Waals surface area contributed by atoms with Crippen LogP contribution in [0.2, 0.25) is 0 Å². The molecule has 1 heterocycles. The maximum atomic E-state index is 13.4. The molecule has 1 saturated carbocycles. The van der Waals surface area contributed by atoms with Crippen molar-refractivity contribution >= 4 is 15.9 Å². The van der Waals surface area contributed by atoms with Crippen LogP contribution < -0.4 is 5.32 Å². The molecule has 0 unspecified atom stereocenters. The fraction of sp³-hybridized carbons (Fsp3) is 0.650. The molecule has 1 amide bonds. The van der Waals surface area contributed by atoms with Gasteiger partial charge in [-0.05, 0) is 49.3 Å². The maximum Gasteiger partial charge on any atom is 0.243 e. The standard InChI is InChI=1S/C20H28F2N2O3S/c1-13-4-3-5-19(14(13)2)23-20(25)15-8-10-24(11-9-15)28(26,27)16-6-7-17(21)18(22)12-16/h6-7,12-15,19H,3-5,8-11H2,1-2H3,(H,23,25)/t13-,14-,19+/m1/s1. The third kappa shape index (κ3) is 4.38. The Morgan fingerprint density at radius 1 is 1.07 bits per heavy atom. The first kappa shape index (κ1) is 21.2. The lowest BCUT2D eigenvalue weighted by atomic mass is 9.78. The number of rotatable bonds is 4. The average Bonchev–Trinajstić information content (AvgIpc) is 2.67. The first-order valence-corrected chi connectivity index (χ1v) is 11.4. The fourth-order valence-electron chi connectivity index (χ4n) is 4.23. The van der Waals surface area contributed by atoms with Gasteiger partial charge in [-0.3, -0.25) is 4.79 Å². The molecule has 0 radical (unpaired) electrons. The van der Waals surface area contributed by atoms with Crippen LogP contribution in [0, 0.1) is 29.4 Å². The zero-order valence-corrected chi connectivity index (χ0v) is 17.1. The van der Waals surface area contributed by atoms with Crippen LogP contribution in [0.3, 0.4) is 0 Å². The van der Waals surface area contributed by atoms with Crippen LogP contribution in [0.5, 0.6) is 0 Å². The zero-order chi connectivity index (χ0) is 20.5. The summed E-state index contributed by atoms with van der Waals surface area (Å²) in [5.74, 6) is -1.47. The van der Waals surface area contributed by atoms with Crippen LogP contribution in [0.15, 0.2) is 23.1 Å². The monoisotopic (exact) mass is 414 g/mol. The van der Waals surface area contributed by atoms with E-state index in [1.54, 1.807) is 0 Å². The Hall–Kier alpha value is -1.54. The number of sulfonamides is 1. The number of halogens is 2. The number of piperidine rings is 1. The van der Waals surface area contributed by atoms with E-state index in [1.807, 2.05) is 0 Å². The Morgan fingerprint density at radius 3 is 2.39 bits per heavy atom. The van der Waals surface area contributed by atoms with Gasteiger partial charge in [0.05, 0.1) is 4.90 Å². The highest BCUT2D eigenvalue weighted by atomic mass is 32.2. The second-order valence-electron chi connectivity index (χ2n) is 8.14. The van der Waals surface area contributed by atoms with Crippen molar-refractivity contribution in [2.75, 3.05) is 13.1 Å². The molecule has 0 spiro atoms. The first-order valence-electron chi connectivity index (χ1n) is 9.95. The van der Waals surface area contributed by atoms with Gasteiger partial charge >= 0.3 is 0 Å². The number of nitrogens with one attached hydrogen (secondary N) is 1. The summed E-state index contributed by atoms with van der Waals surface area (Å²) in [7, 11) is -3.90. The molecule has 1 saturated heterocycles. The third-order valence-corrected chi connectivity index (χ3v) is 8.28. The van der Waals surface area contributed by atoms with Crippen molar-refractivity contribution in [2.24, 2.45) is 17.8 Å². The number of amides is 1. The topological polar surface area (TPSA) is 66.5 Å². The zero-order valence-electron chi connectivity index (χ0n) is 16.3. The molecular formula is C20H28F2N2O3S. The fourth-order valence-corrected chi connectivity index (χ4v) is 5.71. The highest BCUT2D eigenvalue weighted by molar-refractivity contribution is 7.89. The van der Waals surface area contributed by atoms with Crippen molar-refractivity contribution in [2.45, 2.75) is 56.9 Å². The van der Waals surface area contributed by atoms with Crippen molar-refractivity contribution in [1.29, 1.82) is 0 Å². The summed E-state index contributed by atoms with van der Waals surface area (Å²) in [5, 5.41) is 3.17. The molecule has 0 aromatic heterocycles. The second kappa shape index (κ2) is 8.45.